The molecule has 0 fully saturated rings. The van der Waals surface area contributed by atoms with Gasteiger partial charge in [0.05, 0.1) is 0 Å². The second-order valence-corrected chi connectivity index (χ2v) is 8.73. The fraction of sp³-hybridized carbons (Fsp3) is 0.250. The third kappa shape index (κ3) is 3.26. The van der Waals surface area contributed by atoms with Gasteiger partial charge in [0.25, 0.3) is 0 Å². The summed E-state index contributed by atoms with van der Waals surface area (Å²) in [6.45, 7) is 8.84. The van der Waals surface area contributed by atoms with Crippen molar-refractivity contribution in [2.45, 2.75) is 27.7 Å². The SMILES string of the molecule is Cc1ccc([I-]c2cc(C)cc(I)c2C)c(C)c1. The first kappa shape index (κ1) is 14.3. The average Bonchev–Trinajstić information content (AvgIpc) is 2.29. The van der Waals surface area contributed by atoms with Gasteiger partial charge in [-0.3, -0.25) is 0 Å². The third-order valence-corrected chi connectivity index (χ3v) is 7.56. The quantitative estimate of drug-likeness (QED) is 0.595. The first-order valence-electron chi connectivity index (χ1n) is 5.96. The molecule has 0 aliphatic carbocycles. The maximum absolute atomic E-state index is 2.45. The van der Waals surface area contributed by atoms with Gasteiger partial charge in [-0.2, -0.15) is 0 Å². The second kappa shape index (κ2) is 5.90. The van der Waals surface area contributed by atoms with Gasteiger partial charge < -0.3 is 0 Å². The molecule has 0 spiro atoms. The van der Waals surface area contributed by atoms with Crippen molar-refractivity contribution < 1.29 is 21.2 Å². The topological polar surface area (TPSA) is 0 Å². The third-order valence-electron chi connectivity index (χ3n) is 2.94. The van der Waals surface area contributed by atoms with Gasteiger partial charge in [-0.25, -0.2) is 0 Å². The first-order valence-corrected chi connectivity index (χ1v) is 9.20. The van der Waals surface area contributed by atoms with Crippen molar-refractivity contribution in [1.29, 1.82) is 0 Å². The minimum absolute atomic E-state index is 0.0658. The molecule has 0 heterocycles. The Balaban J connectivity index is 2.40. The van der Waals surface area contributed by atoms with Gasteiger partial charge >= 0.3 is 135 Å². The Morgan fingerprint density at radius 1 is 0.833 bits per heavy atom. The molecule has 0 aliphatic heterocycles. The fourth-order valence-electron chi connectivity index (χ4n) is 1.88. The zero-order valence-corrected chi connectivity index (χ0v) is 15.5. The molecule has 0 amide bonds. The van der Waals surface area contributed by atoms with Gasteiger partial charge in [-0.15, -0.1) is 0 Å². The summed E-state index contributed by atoms with van der Waals surface area (Å²) in [5, 5.41) is 0. The molecule has 0 N–H and O–H groups in total. The van der Waals surface area contributed by atoms with Gasteiger partial charge in [-0.1, -0.05) is 0 Å². The Labute approximate surface area is 134 Å². The second-order valence-electron chi connectivity index (χ2n) is 4.70. The van der Waals surface area contributed by atoms with Crippen molar-refractivity contribution in [2.24, 2.45) is 0 Å². The summed E-state index contributed by atoms with van der Waals surface area (Å²) in [6.07, 6.45) is 0. The van der Waals surface area contributed by atoms with E-state index in [-0.39, 0.29) is 21.2 Å². The van der Waals surface area contributed by atoms with Gasteiger partial charge in [-0.05, 0) is 0 Å². The monoisotopic (exact) mass is 463 g/mol. The molecule has 0 saturated heterocycles. The molecule has 0 radical (unpaired) electrons. The van der Waals surface area contributed by atoms with Crippen LogP contribution in [-0.2, 0) is 0 Å². The van der Waals surface area contributed by atoms with E-state index in [9.17, 15) is 0 Å². The molecule has 0 nitrogen and oxygen atoms in total. The van der Waals surface area contributed by atoms with E-state index in [0.29, 0.717) is 0 Å². The molecule has 0 bridgehead atoms. The van der Waals surface area contributed by atoms with Crippen LogP contribution in [0.5, 0.6) is 0 Å². The van der Waals surface area contributed by atoms with E-state index in [0.717, 1.165) is 0 Å². The van der Waals surface area contributed by atoms with Gasteiger partial charge in [0, 0.05) is 0 Å². The normalized spacial score (nSPS) is 10.9. The summed E-state index contributed by atoms with van der Waals surface area (Å²) in [5.41, 5.74) is 5.65. The van der Waals surface area contributed by atoms with Crippen molar-refractivity contribution in [2.75, 3.05) is 0 Å². The Kier molecular flexibility index (Phi) is 4.69. The molecular weight excluding hydrogens is 446 g/mol. The molecule has 0 saturated carbocycles. The van der Waals surface area contributed by atoms with Crippen molar-refractivity contribution in [1.82, 2.24) is 0 Å². The molecule has 0 unspecified atom stereocenters. The van der Waals surface area contributed by atoms with Crippen LogP contribution in [0.25, 0.3) is 0 Å². The predicted octanol–water partition coefficient (Wildman–Crippen LogP) is 1.65. The molecule has 2 heteroatoms. The minimum atomic E-state index is -0.0658. The van der Waals surface area contributed by atoms with Gasteiger partial charge in [0.1, 0.15) is 0 Å². The molecule has 2 rings (SSSR count). The summed E-state index contributed by atoms with van der Waals surface area (Å²) in [6, 6.07) is 11.5. The number of rotatable bonds is 2. The standard InChI is InChI=1S/C16H17I2/c1-10-5-6-15(12(3)7-10)18-16-9-11(2)8-14(17)13(16)4/h5-9H,1-4H3/q-1. The van der Waals surface area contributed by atoms with Crippen molar-refractivity contribution in [3.8, 4) is 0 Å². The molecule has 0 aromatic heterocycles. The number of benzene rings is 2. The number of halogens is 2. The molecule has 18 heavy (non-hydrogen) atoms. The van der Waals surface area contributed by atoms with Crippen LogP contribution >= 0.6 is 22.6 Å². The molecular formula is C16H17I2-. The molecule has 96 valence electrons. The Morgan fingerprint density at radius 3 is 2.22 bits per heavy atom. The summed E-state index contributed by atoms with van der Waals surface area (Å²) in [7, 11) is 0. The van der Waals surface area contributed by atoms with E-state index in [4.69, 9.17) is 0 Å². The zero-order valence-electron chi connectivity index (χ0n) is 11.1. The zero-order chi connectivity index (χ0) is 13.3. The molecule has 0 aliphatic rings. The predicted molar refractivity (Wildman–Crippen MR) is 81.9 cm³/mol. The summed E-state index contributed by atoms with van der Waals surface area (Å²) in [5.74, 6) is 0. The molecule has 0 atom stereocenters. The van der Waals surface area contributed by atoms with Gasteiger partial charge in [0.15, 0.2) is 0 Å². The van der Waals surface area contributed by atoms with Crippen molar-refractivity contribution in [3.05, 3.63) is 63.3 Å². The number of hydrogen-bond acceptors (Lipinski definition) is 0. The van der Waals surface area contributed by atoms with Crippen molar-refractivity contribution in [3.63, 3.8) is 0 Å². The Hall–Kier alpha value is -0.100. The van der Waals surface area contributed by atoms with Crippen LogP contribution in [-0.4, -0.2) is 0 Å². The first-order chi connectivity index (χ1) is 8.47. The van der Waals surface area contributed by atoms with E-state index in [2.05, 4.69) is 80.6 Å². The fourth-order valence-corrected chi connectivity index (χ4v) is 6.09. The Bertz CT molecular complexity index is 586. The molecule has 2 aromatic rings. The van der Waals surface area contributed by atoms with E-state index in [1.807, 2.05) is 0 Å². The van der Waals surface area contributed by atoms with Crippen LogP contribution < -0.4 is 21.2 Å². The van der Waals surface area contributed by atoms with Crippen LogP contribution in [0.2, 0.25) is 0 Å². The van der Waals surface area contributed by atoms with Crippen LogP contribution in [0.4, 0.5) is 0 Å². The van der Waals surface area contributed by atoms with E-state index in [1.165, 1.54) is 25.8 Å². The van der Waals surface area contributed by atoms with E-state index < -0.39 is 0 Å². The van der Waals surface area contributed by atoms with Crippen molar-refractivity contribution >= 4 is 22.6 Å². The van der Waals surface area contributed by atoms with Crippen LogP contribution in [0.3, 0.4) is 0 Å². The summed E-state index contributed by atoms with van der Waals surface area (Å²) < 4.78 is 4.50. The maximum atomic E-state index is 2.45. The van der Waals surface area contributed by atoms with E-state index in [1.54, 1.807) is 7.14 Å². The number of hydrogen-bond donors (Lipinski definition) is 0. The number of aryl methyl sites for hydroxylation is 3. The summed E-state index contributed by atoms with van der Waals surface area (Å²) in [4.78, 5) is 0. The molecule has 2 aromatic carbocycles. The van der Waals surface area contributed by atoms with Crippen LogP contribution in [0, 0.1) is 38.4 Å². The summed E-state index contributed by atoms with van der Waals surface area (Å²) >= 11 is 2.38. The van der Waals surface area contributed by atoms with E-state index >= 15 is 0 Å². The average molecular weight is 463 g/mol. The van der Waals surface area contributed by atoms with Crippen LogP contribution in [0.1, 0.15) is 22.3 Å². The Morgan fingerprint density at radius 2 is 1.56 bits per heavy atom. The van der Waals surface area contributed by atoms with Crippen LogP contribution in [0.15, 0.2) is 30.3 Å². The van der Waals surface area contributed by atoms with Gasteiger partial charge in [0.2, 0.25) is 0 Å².